The van der Waals surface area contributed by atoms with E-state index in [1.807, 2.05) is 13.0 Å². The second kappa shape index (κ2) is 3.60. The highest BCUT2D eigenvalue weighted by Gasteiger charge is 2.27. The smallest absolute Gasteiger partial charge is 0.293 e. The summed E-state index contributed by atoms with van der Waals surface area (Å²) in [6.07, 6.45) is 2.12. The number of nitrogens with zero attached hydrogens (tertiary/aromatic N) is 2. The fourth-order valence-electron chi connectivity index (χ4n) is 2.32. The number of rotatable bonds is 1. The molecule has 2 aliphatic rings. The van der Waals surface area contributed by atoms with Crippen molar-refractivity contribution in [3.05, 3.63) is 41.2 Å². The molecule has 0 atom stereocenters. The molecule has 1 aromatic carbocycles. The first-order valence-electron chi connectivity index (χ1n) is 5.83. The van der Waals surface area contributed by atoms with Crippen LogP contribution < -0.4 is 16.1 Å². The zero-order valence-electron chi connectivity index (χ0n) is 10.2. The zero-order valence-corrected chi connectivity index (χ0v) is 10.2. The van der Waals surface area contributed by atoms with Crippen LogP contribution in [-0.4, -0.2) is 11.7 Å². The Kier molecular flexibility index (Phi) is 2.16. The van der Waals surface area contributed by atoms with Crippen LogP contribution in [0.25, 0.3) is 0 Å². The first-order chi connectivity index (χ1) is 8.56. The van der Waals surface area contributed by atoms with Crippen LogP contribution in [-0.2, 0) is 17.6 Å². The molecule has 1 heterocycles. The minimum absolute atomic E-state index is 0.0445. The Balaban J connectivity index is 2.10. The van der Waals surface area contributed by atoms with E-state index in [0.717, 1.165) is 18.5 Å². The third-order valence-electron chi connectivity index (χ3n) is 3.29. The summed E-state index contributed by atoms with van der Waals surface area (Å²) in [5.74, 6) is -0.00591. The molecule has 0 bridgehead atoms. The monoisotopic (exact) mass is 242 g/mol. The van der Waals surface area contributed by atoms with Gasteiger partial charge in [0.25, 0.3) is 5.91 Å². The molecule has 0 unspecified atom stereocenters. The number of anilines is 1. The number of amidine groups is 1. The molecule has 0 spiro atoms. The molecule has 1 amide bonds. The van der Waals surface area contributed by atoms with E-state index < -0.39 is 5.91 Å². The van der Waals surface area contributed by atoms with Gasteiger partial charge in [-0.25, -0.2) is 5.01 Å². The molecule has 0 saturated heterocycles. The van der Waals surface area contributed by atoms with Gasteiger partial charge in [0.2, 0.25) is 5.84 Å². The van der Waals surface area contributed by atoms with Gasteiger partial charge in [0.1, 0.15) is 5.82 Å². The van der Waals surface area contributed by atoms with Crippen molar-refractivity contribution in [2.24, 2.45) is 10.8 Å². The summed E-state index contributed by atoms with van der Waals surface area (Å²) < 4.78 is 0. The molecule has 0 radical (unpaired) electrons. The molecule has 92 valence electrons. The summed E-state index contributed by atoms with van der Waals surface area (Å²) in [5.41, 5.74) is 10.3. The highest BCUT2D eigenvalue weighted by atomic mass is 16.2. The fraction of sp³-hybridized carbons (Fsp3) is 0.231. The minimum atomic E-state index is -0.400. The molecular weight excluding hydrogens is 228 g/mol. The molecule has 18 heavy (non-hydrogen) atoms. The maximum Gasteiger partial charge on any atom is 0.293 e. The lowest BCUT2D eigenvalue weighted by atomic mass is 9.85. The lowest BCUT2D eigenvalue weighted by Gasteiger charge is -2.32. The van der Waals surface area contributed by atoms with Crippen LogP contribution in [0.2, 0.25) is 0 Å². The molecule has 1 aromatic rings. The van der Waals surface area contributed by atoms with Crippen LogP contribution >= 0.6 is 0 Å². The number of aryl methyl sites for hydroxylation is 2. The molecule has 5 heteroatoms. The van der Waals surface area contributed by atoms with Crippen LogP contribution in [0.3, 0.4) is 0 Å². The molecule has 0 saturated carbocycles. The maximum atomic E-state index is 11.4. The molecular formula is C13H14N4O. The largest absolute Gasteiger partial charge is 0.378 e. The van der Waals surface area contributed by atoms with Gasteiger partial charge in [-0.05, 0) is 42.5 Å². The third-order valence-corrected chi connectivity index (χ3v) is 3.29. The van der Waals surface area contributed by atoms with Gasteiger partial charge in [-0.3, -0.25) is 4.79 Å². The molecule has 3 N–H and O–H groups in total. The third kappa shape index (κ3) is 1.48. The zero-order chi connectivity index (χ0) is 12.9. The number of hydrogen-bond acceptors (Lipinski definition) is 4. The highest BCUT2D eigenvalue weighted by molar-refractivity contribution is 6.38. The Morgan fingerprint density at radius 2 is 2.22 bits per heavy atom. The second-order valence-electron chi connectivity index (χ2n) is 4.62. The van der Waals surface area contributed by atoms with Gasteiger partial charge in [-0.1, -0.05) is 12.6 Å². The van der Waals surface area contributed by atoms with E-state index in [9.17, 15) is 4.79 Å². The number of benzene rings is 1. The number of carbonyl (C=O) groups excluding carboxylic acids is 1. The number of hydrazone groups is 1. The van der Waals surface area contributed by atoms with E-state index in [0.29, 0.717) is 5.82 Å². The van der Waals surface area contributed by atoms with E-state index in [2.05, 4.69) is 23.1 Å². The number of carbonyl (C=O) groups is 1. The Morgan fingerprint density at radius 1 is 1.44 bits per heavy atom. The Labute approximate surface area is 105 Å². The highest BCUT2D eigenvalue weighted by Crippen LogP contribution is 2.35. The average molecular weight is 242 g/mol. The topological polar surface area (TPSA) is 70.7 Å². The fourth-order valence-corrected chi connectivity index (χ4v) is 2.32. The van der Waals surface area contributed by atoms with E-state index in [1.54, 1.807) is 5.01 Å². The normalized spacial score (nSPS) is 17.8. The van der Waals surface area contributed by atoms with Crippen molar-refractivity contribution in [1.29, 1.82) is 0 Å². The van der Waals surface area contributed by atoms with Crippen molar-refractivity contribution in [3.63, 3.8) is 0 Å². The van der Waals surface area contributed by atoms with Gasteiger partial charge < -0.3 is 11.1 Å². The standard InChI is InChI=1S/C13H14N4O/c1-7-5-9-3-4-10(9)11(6-7)17-8(2)15-13(18)12(14)16-17/h5-6H,2-4H2,1H3,(H2,14,16)(H,15,18). The van der Waals surface area contributed by atoms with Crippen molar-refractivity contribution in [3.8, 4) is 0 Å². The predicted octanol–water partition coefficient (Wildman–Crippen LogP) is 0.773. The van der Waals surface area contributed by atoms with Crippen LogP contribution in [0.5, 0.6) is 0 Å². The van der Waals surface area contributed by atoms with Crippen molar-refractivity contribution in [1.82, 2.24) is 5.32 Å². The average Bonchev–Trinajstić information content (AvgIpc) is 2.27. The molecule has 3 rings (SSSR count). The van der Waals surface area contributed by atoms with E-state index in [-0.39, 0.29) is 5.84 Å². The van der Waals surface area contributed by atoms with Gasteiger partial charge >= 0.3 is 0 Å². The number of amides is 1. The first kappa shape index (κ1) is 10.8. The molecule has 0 aromatic heterocycles. The van der Waals surface area contributed by atoms with Gasteiger partial charge in [-0.2, -0.15) is 0 Å². The number of hydrogen-bond donors (Lipinski definition) is 2. The summed E-state index contributed by atoms with van der Waals surface area (Å²) in [7, 11) is 0. The predicted molar refractivity (Wildman–Crippen MR) is 70.0 cm³/mol. The maximum absolute atomic E-state index is 11.4. The first-order valence-corrected chi connectivity index (χ1v) is 5.83. The van der Waals surface area contributed by atoms with E-state index in [4.69, 9.17) is 5.73 Å². The van der Waals surface area contributed by atoms with Crippen LogP contribution in [0.15, 0.2) is 29.6 Å². The Morgan fingerprint density at radius 3 is 2.89 bits per heavy atom. The molecule has 1 aliphatic heterocycles. The van der Waals surface area contributed by atoms with Gasteiger partial charge in [-0.15, -0.1) is 5.10 Å². The number of nitrogens with one attached hydrogen (secondary N) is 1. The summed E-state index contributed by atoms with van der Waals surface area (Å²) in [6, 6.07) is 4.22. The number of nitrogens with two attached hydrogens (primary N) is 1. The summed E-state index contributed by atoms with van der Waals surface area (Å²) in [6.45, 7) is 5.85. The molecule has 1 aliphatic carbocycles. The van der Waals surface area contributed by atoms with E-state index >= 15 is 0 Å². The second-order valence-corrected chi connectivity index (χ2v) is 4.62. The quantitative estimate of drug-likeness (QED) is 0.764. The summed E-state index contributed by atoms with van der Waals surface area (Å²) in [4.78, 5) is 11.4. The Bertz CT molecular complexity index is 603. The number of fused-ring (bicyclic) bond motifs is 1. The van der Waals surface area contributed by atoms with Crippen LogP contribution in [0.1, 0.15) is 16.7 Å². The van der Waals surface area contributed by atoms with E-state index in [1.165, 1.54) is 16.7 Å². The minimum Gasteiger partial charge on any atom is -0.378 e. The molecule has 0 fully saturated rings. The van der Waals surface area contributed by atoms with Crippen LogP contribution in [0, 0.1) is 6.92 Å². The summed E-state index contributed by atoms with van der Waals surface area (Å²) in [5, 5.41) is 8.33. The Hall–Kier alpha value is -2.30. The summed E-state index contributed by atoms with van der Waals surface area (Å²) >= 11 is 0. The van der Waals surface area contributed by atoms with Gasteiger partial charge in [0.15, 0.2) is 0 Å². The van der Waals surface area contributed by atoms with Crippen molar-refractivity contribution < 1.29 is 4.79 Å². The van der Waals surface area contributed by atoms with Crippen LogP contribution in [0.4, 0.5) is 5.69 Å². The van der Waals surface area contributed by atoms with Gasteiger partial charge in [0, 0.05) is 0 Å². The molecule has 5 nitrogen and oxygen atoms in total. The van der Waals surface area contributed by atoms with Gasteiger partial charge in [0.05, 0.1) is 5.69 Å². The van der Waals surface area contributed by atoms with Crippen molar-refractivity contribution in [2.75, 3.05) is 5.01 Å². The van der Waals surface area contributed by atoms with Crippen molar-refractivity contribution >= 4 is 17.4 Å². The lowest BCUT2D eigenvalue weighted by Crippen LogP contribution is -2.46. The SMILES string of the molecule is C=C1NC(=O)C(N)=NN1c1cc(C)cc2c1CC2. The van der Waals surface area contributed by atoms with Crippen molar-refractivity contribution in [2.45, 2.75) is 19.8 Å². The lowest BCUT2D eigenvalue weighted by molar-refractivity contribution is -0.114.